The summed E-state index contributed by atoms with van der Waals surface area (Å²) in [6, 6.07) is 0. The van der Waals surface area contributed by atoms with Gasteiger partial charge in [0.25, 0.3) is 0 Å². The van der Waals surface area contributed by atoms with Gasteiger partial charge in [0.15, 0.2) is 0 Å². The van der Waals surface area contributed by atoms with Crippen LogP contribution in [0.1, 0.15) is 51.9 Å². The number of hydrogen-bond acceptors (Lipinski definition) is 3. The van der Waals surface area contributed by atoms with Crippen LogP contribution < -0.4 is 5.32 Å². The lowest BCUT2D eigenvalue weighted by atomic mass is 9.81. The van der Waals surface area contributed by atoms with E-state index in [-0.39, 0.29) is 6.10 Å². The number of likely N-dealkylation sites (tertiary alicyclic amines) is 1. The molecule has 3 nitrogen and oxygen atoms in total. The van der Waals surface area contributed by atoms with Gasteiger partial charge in [0.2, 0.25) is 0 Å². The quantitative estimate of drug-likeness (QED) is 0.695. The van der Waals surface area contributed by atoms with Crippen molar-refractivity contribution in [2.45, 2.75) is 58.0 Å². The molecule has 2 rings (SSSR count). The Kier molecular flexibility index (Phi) is 6.62. The fourth-order valence-corrected chi connectivity index (χ4v) is 3.72. The predicted octanol–water partition coefficient (Wildman–Crippen LogP) is 2.25. The van der Waals surface area contributed by atoms with Gasteiger partial charge in [-0.05, 0) is 57.2 Å². The third-order valence-electron chi connectivity index (χ3n) is 4.82. The lowest BCUT2D eigenvalue weighted by Crippen LogP contribution is -2.37. The Morgan fingerprint density at radius 2 is 2.00 bits per heavy atom. The second-order valence-corrected chi connectivity index (χ2v) is 6.79. The van der Waals surface area contributed by atoms with Crippen LogP contribution in [-0.4, -0.2) is 48.8 Å². The molecule has 1 aliphatic heterocycles. The molecule has 0 spiro atoms. The number of hydrogen-bond donors (Lipinski definition) is 2. The average molecular weight is 268 g/mol. The summed E-state index contributed by atoms with van der Waals surface area (Å²) in [5.41, 5.74) is 0. The fraction of sp³-hybridized carbons (Fsp3) is 1.00. The minimum absolute atomic E-state index is 0.191. The highest BCUT2D eigenvalue weighted by Crippen LogP contribution is 2.30. The summed E-state index contributed by atoms with van der Waals surface area (Å²) in [6.07, 6.45) is 9.40. The highest BCUT2D eigenvalue weighted by atomic mass is 16.3. The summed E-state index contributed by atoms with van der Waals surface area (Å²) in [4.78, 5) is 2.38. The summed E-state index contributed by atoms with van der Waals surface area (Å²) >= 11 is 0. The van der Waals surface area contributed by atoms with Crippen molar-refractivity contribution in [2.75, 3.05) is 32.7 Å². The zero-order chi connectivity index (χ0) is 13.5. The Labute approximate surface area is 118 Å². The maximum Gasteiger partial charge on any atom is 0.0791 e. The lowest BCUT2D eigenvalue weighted by Gasteiger charge is -2.27. The van der Waals surface area contributed by atoms with Crippen LogP contribution in [0.3, 0.4) is 0 Å². The van der Waals surface area contributed by atoms with Crippen LogP contribution >= 0.6 is 0 Å². The van der Waals surface area contributed by atoms with Crippen molar-refractivity contribution in [3.8, 4) is 0 Å². The Balaban J connectivity index is 1.48. The van der Waals surface area contributed by atoms with Gasteiger partial charge in [-0.3, -0.25) is 0 Å². The first-order valence-corrected chi connectivity index (χ1v) is 8.35. The Bertz CT molecular complexity index is 241. The molecule has 1 heterocycles. The topological polar surface area (TPSA) is 35.5 Å². The molecule has 19 heavy (non-hydrogen) atoms. The van der Waals surface area contributed by atoms with Crippen molar-refractivity contribution in [3.63, 3.8) is 0 Å². The van der Waals surface area contributed by atoms with Gasteiger partial charge in [0, 0.05) is 13.1 Å². The molecular formula is C16H32N2O. The Hall–Kier alpha value is -0.120. The molecule has 0 aromatic carbocycles. The van der Waals surface area contributed by atoms with Gasteiger partial charge in [0.05, 0.1) is 6.10 Å². The number of aliphatic hydroxyl groups excluding tert-OH is 1. The summed E-state index contributed by atoms with van der Waals surface area (Å²) in [6.45, 7) is 7.44. The van der Waals surface area contributed by atoms with Crippen molar-refractivity contribution >= 4 is 0 Å². The molecule has 0 radical (unpaired) electrons. The van der Waals surface area contributed by atoms with E-state index in [1.165, 1.54) is 58.0 Å². The molecule has 1 saturated heterocycles. The fourth-order valence-electron chi connectivity index (χ4n) is 3.72. The molecule has 2 N–H and O–H groups in total. The first kappa shape index (κ1) is 15.3. The number of nitrogens with one attached hydrogen (secondary N) is 1. The van der Waals surface area contributed by atoms with E-state index in [9.17, 15) is 5.11 Å². The SMILES string of the molecule is CC1CCCC(CCNCC(O)CN2CCCC2)C1. The van der Waals surface area contributed by atoms with Crippen LogP contribution in [0.15, 0.2) is 0 Å². The summed E-state index contributed by atoms with van der Waals surface area (Å²) in [5, 5.41) is 13.4. The van der Waals surface area contributed by atoms with Gasteiger partial charge in [-0.15, -0.1) is 0 Å². The van der Waals surface area contributed by atoms with Gasteiger partial charge in [0.1, 0.15) is 0 Å². The zero-order valence-corrected chi connectivity index (χ0v) is 12.6. The third-order valence-corrected chi connectivity index (χ3v) is 4.82. The van der Waals surface area contributed by atoms with Gasteiger partial charge < -0.3 is 15.3 Å². The highest BCUT2D eigenvalue weighted by molar-refractivity contribution is 4.73. The second-order valence-electron chi connectivity index (χ2n) is 6.79. The smallest absolute Gasteiger partial charge is 0.0791 e. The second kappa shape index (κ2) is 8.23. The maximum atomic E-state index is 9.98. The normalized spacial score (nSPS) is 30.6. The molecule has 3 atom stereocenters. The molecule has 1 saturated carbocycles. The molecule has 3 unspecified atom stereocenters. The van der Waals surface area contributed by atoms with E-state index in [2.05, 4.69) is 17.1 Å². The first-order valence-electron chi connectivity index (χ1n) is 8.35. The minimum Gasteiger partial charge on any atom is -0.390 e. The van der Waals surface area contributed by atoms with Crippen molar-refractivity contribution in [3.05, 3.63) is 0 Å². The van der Waals surface area contributed by atoms with E-state index < -0.39 is 0 Å². The average Bonchev–Trinajstić information content (AvgIpc) is 2.87. The van der Waals surface area contributed by atoms with Gasteiger partial charge in [-0.1, -0.05) is 26.2 Å². The molecule has 0 amide bonds. The van der Waals surface area contributed by atoms with Crippen molar-refractivity contribution < 1.29 is 5.11 Å². The molecular weight excluding hydrogens is 236 g/mol. The van der Waals surface area contributed by atoms with E-state index in [1.807, 2.05) is 0 Å². The van der Waals surface area contributed by atoms with Crippen LogP contribution in [-0.2, 0) is 0 Å². The summed E-state index contributed by atoms with van der Waals surface area (Å²) in [5.74, 6) is 1.85. The molecule has 112 valence electrons. The highest BCUT2D eigenvalue weighted by Gasteiger charge is 2.19. The van der Waals surface area contributed by atoms with E-state index >= 15 is 0 Å². The maximum absolute atomic E-state index is 9.98. The van der Waals surface area contributed by atoms with Gasteiger partial charge in [-0.2, -0.15) is 0 Å². The van der Waals surface area contributed by atoms with Crippen LogP contribution in [0, 0.1) is 11.8 Å². The standard InChI is InChI=1S/C16H32N2O/c1-14-5-4-6-15(11-14)7-8-17-12-16(19)13-18-9-2-3-10-18/h14-17,19H,2-13H2,1H3. The van der Waals surface area contributed by atoms with E-state index in [1.54, 1.807) is 0 Å². The molecule has 2 aliphatic rings. The van der Waals surface area contributed by atoms with E-state index in [0.29, 0.717) is 0 Å². The molecule has 0 aromatic rings. The van der Waals surface area contributed by atoms with Crippen LogP contribution in [0.25, 0.3) is 0 Å². The first-order chi connectivity index (χ1) is 9.24. The van der Waals surface area contributed by atoms with E-state index in [0.717, 1.165) is 31.5 Å². The van der Waals surface area contributed by atoms with Crippen molar-refractivity contribution in [2.24, 2.45) is 11.8 Å². The van der Waals surface area contributed by atoms with Gasteiger partial charge in [-0.25, -0.2) is 0 Å². The summed E-state index contributed by atoms with van der Waals surface area (Å²) < 4.78 is 0. The predicted molar refractivity (Wildman–Crippen MR) is 80.3 cm³/mol. The molecule has 0 aromatic heterocycles. The Morgan fingerprint density at radius 1 is 1.21 bits per heavy atom. The number of rotatable bonds is 7. The van der Waals surface area contributed by atoms with Crippen LogP contribution in [0.4, 0.5) is 0 Å². The lowest BCUT2D eigenvalue weighted by molar-refractivity contribution is 0.122. The third kappa shape index (κ3) is 5.80. The van der Waals surface area contributed by atoms with Crippen molar-refractivity contribution in [1.29, 1.82) is 0 Å². The number of β-amino-alcohol motifs (C(OH)–C–C–N with tert-alkyl or cyclic N) is 1. The molecule has 0 bridgehead atoms. The van der Waals surface area contributed by atoms with Crippen molar-refractivity contribution in [1.82, 2.24) is 10.2 Å². The van der Waals surface area contributed by atoms with Gasteiger partial charge >= 0.3 is 0 Å². The monoisotopic (exact) mass is 268 g/mol. The Morgan fingerprint density at radius 3 is 2.74 bits per heavy atom. The van der Waals surface area contributed by atoms with E-state index in [4.69, 9.17) is 0 Å². The summed E-state index contributed by atoms with van der Waals surface area (Å²) in [7, 11) is 0. The number of nitrogens with zero attached hydrogens (tertiary/aromatic N) is 1. The molecule has 1 aliphatic carbocycles. The zero-order valence-electron chi connectivity index (χ0n) is 12.6. The minimum atomic E-state index is -0.191. The van der Waals surface area contributed by atoms with Crippen LogP contribution in [0.2, 0.25) is 0 Å². The largest absolute Gasteiger partial charge is 0.390 e. The molecule has 2 fully saturated rings. The van der Waals surface area contributed by atoms with Crippen LogP contribution in [0.5, 0.6) is 0 Å². The molecule has 3 heteroatoms. The number of aliphatic hydroxyl groups is 1.